The Morgan fingerprint density at radius 2 is 1.74 bits per heavy atom. The molecule has 38 heavy (non-hydrogen) atoms. The standard InChI is InChI=1S/C28H34Cl2N4O3S/c1-38(35,36)33-14-11-27-25(20-33)28(31-34(27)13-2-12-32-15-17-37-18-16-32)23-7-10-26(30)22(19-23)6-3-21-4-8-24(29)9-5-21/h4-5,7-10,19H,2-3,6,11-18,20H2,1H3. The molecule has 0 bridgehead atoms. The van der Waals surface area contributed by atoms with E-state index in [0.717, 1.165) is 96.8 Å². The van der Waals surface area contributed by atoms with E-state index in [1.807, 2.05) is 36.4 Å². The summed E-state index contributed by atoms with van der Waals surface area (Å²) >= 11 is 12.6. The molecular formula is C28H34Cl2N4O3S. The fraction of sp³-hybridized carbons (Fsp3) is 0.464. The maximum atomic E-state index is 12.4. The number of morpholine rings is 1. The summed E-state index contributed by atoms with van der Waals surface area (Å²) in [6, 6.07) is 13.9. The van der Waals surface area contributed by atoms with Gasteiger partial charge in [-0.15, -0.1) is 0 Å². The highest BCUT2D eigenvalue weighted by Crippen LogP contribution is 2.33. The Labute approximate surface area is 235 Å². The lowest BCUT2D eigenvalue weighted by Gasteiger charge is -2.27. The van der Waals surface area contributed by atoms with Crippen molar-refractivity contribution in [3.05, 3.63) is 74.9 Å². The van der Waals surface area contributed by atoms with Crippen LogP contribution in [-0.4, -0.2) is 73.1 Å². The van der Waals surface area contributed by atoms with Crippen LogP contribution < -0.4 is 0 Å². The second-order valence-electron chi connectivity index (χ2n) is 10.1. The number of rotatable bonds is 9. The van der Waals surface area contributed by atoms with E-state index in [1.165, 1.54) is 11.8 Å². The lowest BCUT2D eigenvalue weighted by atomic mass is 9.98. The van der Waals surface area contributed by atoms with Crippen molar-refractivity contribution in [3.8, 4) is 11.3 Å². The van der Waals surface area contributed by atoms with Crippen LogP contribution in [0.25, 0.3) is 11.3 Å². The molecule has 2 aliphatic heterocycles. The van der Waals surface area contributed by atoms with Gasteiger partial charge in [-0.2, -0.15) is 9.40 Å². The van der Waals surface area contributed by atoms with E-state index in [9.17, 15) is 8.42 Å². The molecule has 0 saturated carbocycles. The first kappa shape index (κ1) is 27.6. The predicted octanol–water partition coefficient (Wildman–Crippen LogP) is 4.68. The molecule has 0 aliphatic carbocycles. The molecule has 0 atom stereocenters. The molecule has 0 unspecified atom stereocenters. The Hall–Kier alpha value is -1.94. The monoisotopic (exact) mass is 576 g/mol. The Morgan fingerprint density at radius 1 is 0.974 bits per heavy atom. The van der Waals surface area contributed by atoms with Crippen molar-refractivity contribution in [2.75, 3.05) is 45.6 Å². The molecule has 3 heterocycles. The summed E-state index contributed by atoms with van der Waals surface area (Å²) in [4.78, 5) is 2.43. The van der Waals surface area contributed by atoms with Crippen molar-refractivity contribution in [3.63, 3.8) is 0 Å². The van der Waals surface area contributed by atoms with Crippen molar-refractivity contribution in [2.45, 2.75) is 38.8 Å². The van der Waals surface area contributed by atoms with Crippen LogP contribution in [0.4, 0.5) is 0 Å². The van der Waals surface area contributed by atoms with Gasteiger partial charge in [0, 0.05) is 72.6 Å². The van der Waals surface area contributed by atoms with E-state index < -0.39 is 10.0 Å². The van der Waals surface area contributed by atoms with Gasteiger partial charge in [0.05, 0.1) is 25.2 Å². The van der Waals surface area contributed by atoms with Gasteiger partial charge in [0.1, 0.15) is 0 Å². The average Bonchev–Trinajstić information content (AvgIpc) is 3.27. The topological polar surface area (TPSA) is 67.7 Å². The number of hydrogen-bond donors (Lipinski definition) is 0. The Morgan fingerprint density at radius 3 is 2.47 bits per heavy atom. The summed E-state index contributed by atoms with van der Waals surface area (Å²) in [6.07, 6.45) is 4.55. The van der Waals surface area contributed by atoms with Crippen LogP contribution in [0.15, 0.2) is 42.5 Å². The van der Waals surface area contributed by atoms with Gasteiger partial charge in [-0.25, -0.2) is 8.42 Å². The van der Waals surface area contributed by atoms with Crippen LogP contribution in [0.2, 0.25) is 10.0 Å². The molecule has 0 radical (unpaired) electrons. The maximum absolute atomic E-state index is 12.4. The summed E-state index contributed by atoms with van der Waals surface area (Å²) in [5.41, 5.74) is 6.20. The number of hydrogen-bond acceptors (Lipinski definition) is 5. The molecule has 10 heteroatoms. The molecule has 1 saturated heterocycles. The third kappa shape index (κ3) is 6.61. The Balaban J connectivity index is 1.40. The second kappa shape index (κ2) is 12.1. The second-order valence-corrected chi connectivity index (χ2v) is 12.9. The highest BCUT2D eigenvalue weighted by molar-refractivity contribution is 7.88. The summed E-state index contributed by atoms with van der Waals surface area (Å²) in [5.74, 6) is 0. The van der Waals surface area contributed by atoms with Crippen molar-refractivity contribution >= 4 is 33.2 Å². The van der Waals surface area contributed by atoms with E-state index in [1.54, 1.807) is 4.31 Å². The van der Waals surface area contributed by atoms with Gasteiger partial charge in [0.25, 0.3) is 0 Å². The molecule has 1 fully saturated rings. The highest BCUT2D eigenvalue weighted by atomic mass is 35.5. The van der Waals surface area contributed by atoms with Gasteiger partial charge in [-0.3, -0.25) is 9.58 Å². The molecule has 2 aliphatic rings. The molecule has 7 nitrogen and oxygen atoms in total. The van der Waals surface area contributed by atoms with E-state index >= 15 is 0 Å². The number of aryl methyl sites for hydroxylation is 3. The highest BCUT2D eigenvalue weighted by Gasteiger charge is 2.30. The van der Waals surface area contributed by atoms with E-state index in [2.05, 4.69) is 15.6 Å². The number of sulfonamides is 1. The van der Waals surface area contributed by atoms with Crippen LogP contribution in [-0.2, 0) is 47.1 Å². The molecular weight excluding hydrogens is 543 g/mol. The molecule has 0 N–H and O–H groups in total. The number of aromatic nitrogens is 2. The third-order valence-corrected chi connectivity index (χ3v) is 9.30. The first-order valence-corrected chi connectivity index (χ1v) is 15.8. The van der Waals surface area contributed by atoms with Crippen molar-refractivity contribution < 1.29 is 13.2 Å². The fourth-order valence-electron chi connectivity index (χ4n) is 5.28. The normalized spacial score (nSPS) is 17.0. The smallest absolute Gasteiger partial charge is 0.211 e. The third-order valence-electron chi connectivity index (χ3n) is 7.43. The molecule has 2 aromatic carbocycles. The molecule has 0 spiro atoms. The van der Waals surface area contributed by atoms with Crippen LogP contribution in [0.3, 0.4) is 0 Å². The number of nitrogens with zero attached hydrogens (tertiary/aromatic N) is 4. The largest absolute Gasteiger partial charge is 0.379 e. The zero-order valence-electron chi connectivity index (χ0n) is 21.7. The van der Waals surface area contributed by atoms with Crippen LogP contribution in [0.5, 0.6) is 0 Å². The van der Waals surface area contributed by atoms with Gasteiger partial charge in [0.2, 0.25) is 10.0 Å². The van der Waals surface area contributed by atoms with Gasteiger partial charge in [-0.05, 0) is 54.7 Å². The fourth-order valence-corrected chi connectivity index (χ4v) is 6.40. The Kier molecular flexibility index (Phi) is 8.77. The van der Waals surface area contributed by atoms with Crippen LogP contribution in [0, 0.1) is 0 Å². The lowest BCUT2D eigenvalue weighted by molar-refractivity contribution is 0.0368. The van der Waals surface area contributed by atoms with E-state index in [4.69, 9.17) is 33.0 Å². The van der Waals surface area contributed by atoms with Gasteiger partial charge >= 0.3 is 0 Å². The lowest BCUT2D eigenvalue weighted by Crippen LogP contribution is -2.37. The maximum Gasteiger partial charge on any atom is 0.211 e. The van der Waals surface area contributed by atoms with Crippen molar-refractivity contribution in [2.24, 2.45) is 0 Å². The number of benzene rings is 2. The zero-order valence-corrected chi connectivity index (χ0v) is 24.0. The Bertz CT molecular complexity index is 1370. The predicted molar refractivity (Wildman–Crippen MR) is 152 cm³/mol. The van der Waals surface area contributed by atoms with E-state index in [0.29, 0.717) is 19.5 Å². The first-order chi connectivity index (χ1) is 18.3. The first-order valence-electron chi connectivity index (χ1n) is 13.1. The average molecular weight is 578 g/mol. The van der Waals surface area contributed by atoms with Crippen molar-refractivity contribution in [1.82, 2.24) is 19.0 Å². The van der Waals surface area contributed by atoms with Gasteiger partial charge < -0.3 is 4.74 Å². The summed E-state index contributed by atoms with van der Waals surface area (Å²) < 4.78 is 33.9. The number of ether oxygens (including phenoxy) is 1. The summed E-state index contributed by atoms with van der Waals surface area (Å²) in [6.45, 7) is 6.14. The minimum Gasteiger partial charge on any atom is -0.379 e. The quantitative estimate of drug-likeness (QED) is 0.370. The number of halogens is 2. The molecule has 204 valence electrons. The molecule has 0 amide bonds. The van der Waals surface area contributed by atoms with Gasteiger partial charge in [0.15, 0.2) is 0 Å². The van der Waals surface area contributed by atoms with Gasteiger partial charge in [-0.1, -0.05) is 41.4 Å². The minimum absolute atomic E-state index is 0.343. The summed E-state index contributed by atoms with van der Waals surface area (Å²) in [7, 11) is -3.30. The number of fused-ring (bicyclic) bond motifs is 1. The minimum atomic E-state index is -3.30. The summed E-state index contributed by atoms with van der Waals surface area (Å²) in [5, 5.41) is 6.50. The van der Waals surface area contributed by atoms with Crippen molar-refractivity contribution in [1.29, 1.82) is 0 Å². The molecule has 1 aromatic heterocycles. The van der Waals surface area contributed by atoms with E-state index in [-0.39, 0.29) is 0 Å². The van der Waals surface area contributed by atoms with Crippen LogP contribution >= 0.6 is 23.2 Å². The SMILES string of the molecule is CS(=O)(=O)N1CCc2c(c(-c3ccc(Cl)c(CCc4ccc(Cl)cc4)c3)nn2CCCN2CCOCC2)C1. The molecule has 3 aromatic rings. The zero-order chi connectivity index (χ0) is 26.7. The molecule has 5 rings (SSSR count). The van der Waals surface area contributed by atoms with Crippen LogP contribution in [0.1, 0.15) is 28.8 Å².